The monoisotopic (exact) mass is 227 g/mol. The maximum atomic E-state index is 5.41. The average molecular weight is 227 g/mol. The Kier molecular flexibility index (Phi) is 6.64. The van der Waals surface area contributed by atoms with E-state index in [4.69, 9.17) is 4.74 Å². The molecule has 1 heterocycles. The van der Waals surface area contributed by atoms with Gasteiger partial charge < -0.3 is 10.1 Å². The summed E-state index contributed by atoms with van der Waals surface area (Å²) in [6.07, 6.45) is 2.21. The van der Waals surface area contributed by atoms with Crippen LogP contribution < -0.4 is 5.32 Å². The third-order valence-corrected chi connectivity index (χ3v) is 2.94. The van der Waals surface area contributed by atoms with Crippen molar-refractivity contribution in [2.75, 3.05) is 19.8 Å². The number of hydrogen-bond donors (Lipinski definition) is 1. The summed E-state index contributed by atoms with van der Waals surface area (Å²) in [6.45, 7) is 7.00. The van der Waals surface area contributed by atoms with E-state index in [1.165, 1.54) is 5.56 Å². The molecule has 3 heteroatoms. The highest BCUT2D eigenvalue weighted by molar-refractivity contribution is 7.07. The number of thiophene rings is 1. The highest BCUT2D eigenvalue weighted by Gasteiger charge is 2.02. The first-order chi connectivity index (χ1) is 7.33. The molecule has 2 nitrogen and oxygen atoms in total. The Morgan fingerprint density at radius 2 is 2.33 bits per heavy atom. The highest BCUT2D eigenvalue weighted by Crippen LogP contribution is 2.08. The van der Waals surface area contributed by atoms with Gasteiger partial charge in [0.2, 0.25) is 0 Å². The second-order valence-corrected chi connectivity index (χ2v) is 4.58. The average Bonchev–Trinajstić information content (AvgIpc) is 2.70. The van der Waals surface area contributed by atoms with E-state index in [0.29, 0.717) is 6.04 Å². The summed E-state index contributed by atoms with van der Waals surface area (Å²) >= 11 is 1.76. The van der Waals surface area contributed by atoms with Gasteiger partial charge in [-0.3, -0.25) is 0 Å². The molecule has 1 aromatic heterocycles. The van der Waals surface area contributed by atoms with Crippen molar-refractivity contribution in [1.82, 2.24) is 5.32 Å². The van der Waals surface area contributed by atoms with Crippen LogP contribution in [0, 0.1) is 0 Å². The lowest BCUT2D eigenvalue weighted by molar-refractivity contribution is 0.134. The van der Waals surface area contributed by atoms with Crippen molar-refractivity contribution in [3.63, 3.8) is 0 Å². The van der Waals surface area contributed by atoms with E-state index in [9.17, 15) is 0 Å². The lowest BCUT2D eigenvalue weighted by atomic mass is 10.1. The molecule has 1 rings (SSSR count). The zero-order chi connectivity index (χ0) is 10.9. The molecule has 0 bridgehead atoms. The van der Waals surface area contributed by atoms with Crippen LogP contribution in [0.2, 0.25) is 0 Å². The van der Waals surface area contributed by atoms with Gasteiger partial charge in [0.1, 0.15) is 0 Å². The van der Waals surface area contributed by atoms with E-state index in [1.54, 1.807) is 11.3 Å². The van der Waals surface area contributed by atoms with Crippen LogP contribution in [0.3, 0.4) is 0 Å². The van der Waals surface area contributed by atoms with Gasteiger partial charge in [0.15, 0.2) is 0 Å². The second-order valence-electron chi connectivity index (χ2n) is 3.80. The van der Waals surface area contributed by atoms with Gasteiger partial charge >= 0.3 is 0 Å². The number of ether oxygens (including phenoxy) is 1. The van der Waals surface area contributed by atoms with Crippen LogP contribution in [0.25, 0.3) is 0 Å². The van der Waals surface area contributed by atoms with Crippen LogP contribution >= 0.6 is 11.3 Å². The predicted molar refractivity (Wildman–Crippen MR) is 66.6 cm³/mol. The van der Waals surface area contributed by atoms with Crippen LogP contribution in [0.4, 0.5) is 0 Å². The molecule has 15 heavy (non-hydrogen) atoms. The quantitative estimate of drug-likeness (QED) is 0.689. The van der Waals surface area contributed by atoms with Crippen molar-refractivity contribution < 1.29 is 4.74 Å². The van der Waals surface area contributed by atoms with Crippen LogP contribution in [0.1, 0.15) is 25.8 Å². The minimum Gasteiger partial charge on any atom is -0.380 e. The molecule has 0 saturated heterocycles. The summed E-state index contributed by atoms with van der Waals surface area (Å²) in [4.78, 5) is 0. The molecule has 0 aliphatic heterocycles. The lowest BCUT2D eigenvalue weighted by Gasteiger charge is -2.12. The number of nitrogens with one attached hydrogen (secondary N) is 1. The van der Waals surface area contributed by atoms with Gasteiger partial charge in [-0.15, -0.1) is 0 Å². The fourth-order valence-corrected chi connectivity index (χ4v) is 2.14. The normalized spacial score (nSPS) is 12.9. The van der Waals surface area contributed by atoms with E-state index in [1.807, 2.05) is 0 Å². The van der Waals surface area contributed by atoms with Crippen LogP contribution in [0.15, 0.2) is 16.8 Å². The topological polar surface area (TPSA) is 21.3 Å². The first-order valence-electron chi connectivity index (χ1n) is 5.65. The van der Waals surface area contributed by atoms with Gasteiger partial charge in [-0.1, -0.05) is 6.92 Å². The molecule has 86 valence electrons. The second kappa shape index (κ2) is 7.85. The van der Waals surface area contributed by atoms with Crippen molar-refractivity contribution in [2.24, 2.45) is 0 Å². The minimum atomic E-state index is 0.532. The van der Waals surface area contributed by atoms with E-state index >= 15 is 0 Å². The van der Waals surface area contributed by atoms with Crippen molar-refractivity contribution in [3.8, 4) is 0 Å². The van der Waals surface area contributed by atoms with Crippen molar-refractivity contribution in [1.29, 1.82) is 0 Å². The first-order valence-corrected chi connectivity index (χ1v) is 6.59. The van der Waals surface area contributed by atoms with Gasteiger partial charge in [0, 0.05) is 19.2 Å². The summed E-state index contributed by atoms with van der Waals surface area (Å²) in [5.74, 6) is 0. The van der Waals surface area contributed by atoms with Crippen molar-refractivity contribution in [3.05, 3.63) is 22.4 Å². The van der Waals surface area contributed by atoms with Crippen molar-refractivity contribution >= 4 is 11.3 Å². The Labute approximate surface area is 96.7 Å². The zero-order valence-electron chi connectivity index (χ0n) is 9.66. The molecule has 1 N–H and O–H groups in total. The number of hydrogen-bond acceptors (Lipinski definition) is 3. The van der Waals surface area contributed by atoms with E-state index in [2.05, 4.69) is 36.0 Å². The van der Waals surface area contributed by atoms with E-state index in [0.717, 1.165) is 32.6 Å². The molecule has 0 amide bonds. The SMILES string of the molecule is CCCOCCNC(C)Cc1ccsc1. The Bertz CT molecular complexity index is 236. The maximum absolute atomic E-state index is 5.41. The molecule has 1 aromatic rings. The summed E-state index contributed by atoms with van der Waals surface area (Å²) in [5.41, 5.74) is 1.43. The van der Waals surface area contributed by atoms with Gasteiger partial charge in [0.25, 0.3) is 0 Å². The molecule has 0 spiro atoms. The molecule has 0 fully saturated rings. The van der Waals surface area contributed by atoms with Gasteiger partial charge in [-0.2, -0.15) is 11.3 Å². The van der Waals surface area contributed by atoms with E-state index < -0.39 is 0 Å². The van der Waals surface area contributed by atoms with Crippen LogP contribution in [-0.4, -0.2) is 25.8 Å². The predicted octanol–water partition coefficient (Wildman–Crippen LogP) is 2.70. The summed E-state index contributed by atoms with van der Waals surface area (Å²) in [6, 6.07) is 2.72. The molecular formula is C12H21NOS. The molecule has 0 aliphatic rings. The largest absolute Gasteiger partial charge is 0.380 e. The molecule has 0 saturated carbocycles. The summed E-state index contributed by atoms with van der Waals surface area (Å²) in [7, 11) is 0. The Hall–Kier alpha value is -0.380. The first kappa shape index (κ1) is 12.7. The highest BCUT2D eigenvalue weighted by atomic mass is 32.1. The number of rotatable bonds is 8. The molecule has 1 unspecified atom stereocenters. The summed E-state index contributed by atoms with van der Waals surface area (Å²) in [5, 5.41) is 7.80. The minimum absolute atomic E-state index is 0.532. The molecule has 1 atom stereocenters. The van der Waals surface area contributed by atoms with Crippen LogP contribution in [0.5, 0.6) is 0 Å². The molecule has 0 radical (unpaired) electrons. The van der Waals surface area contributed by atoms with Crippen molar-refractivity contribution in [2.45, 2.75) is 32.7 Å². The maximum Gasteiger partial charge on any atom is 0.0590 e. The zero-order valence-corrected chi connectivity index (χ0v) is 10.5. The summed E-state index contributed by atoms with van der Waals surface area (Å²) < 4.78 is 5.41. The molecule has 0 aromatic carbocycles. The Morgan fingerprint density at radius 3 is 3.00 bits per heavy atom. The fraction of sp³-hybridized carbons (Fsp3) is 0.667. The smallest absolute Gasteiger partial charge is 0.0590 e. The fourth-order valence-electron chi connectivity index (χ4n) is 1.46. The van der Waals surface area contributed by atoms with Gasteiger partial charge in [-0.25, -0.2) is 0 Å². The lowest BCUT2D eigenvalue weighted by Crippen LogP contribution is -2.31. The van der Waals surface area contributed by atoms with Crippen LogP contribution in [-0.2, 0) is 11.2 Å². The molecular weight excluding hydrogens is 206 g/mol. The van der Waals surface area contributed by atoms with Gasteiger partial charge in [-0.05, 0) is 42.2 Å². The van der Waals surface area contributed by atoms with E-state index in [-0.39, 0.29) is 0 Å². The van der Waals surface area contributed by atoms with Gasteiger partial charge in [0.05, 0.1) is 6.61 Å². The Morgan fingerprint density at radius 1 is 1.47 bits per heavy atom. The third kappa shape index (κ3) is 5.92. The third-order valence-electron chi connectivity index (χ3n) is 2.21. The Balaban J connectivity index is 2.01. The standard InChI is InChI=1S/C12H21NOS/c1-3-6-14-7-5-13-11(2)9-12-4-8-15-10-12/h4,8,10-11,13H,3,5-7,9H2,1-2H3. The molecule has 0 aliphatic carbocycles.